The summed E-state index contributed by atoms with van der Waals surface area (Å²) in [6, 6.07) is 15.7. The molecule has 0 radical (unpaired) electrons. The van der Waals surface area contributed by atoms with Gasteiger partial charge in [-0.25, -0.2) is 0 Å². The first kappa shape index (κ1) is 18.9. The number of pyridine rings is 1. The topological polar surface area (TPSA) is 55.4 Å². The number of aryl methyl sites for hydroxylation is 1. The van der Waals surface area contributed by atoms with Crippen LogP contribution in [0.2, 0.25) is 0 Å². The van der Waals surface area contributed by atoms with Gasteiger partial charge in [0.1, 0.15) is 23.6 Å². The van der Waals surface area contributed by atoms with Crippen LogP contribution in [0.1, 0.15) is 12.5 Å². The van der Waals surface area contributed by atoms with E-state index in [1.807, 2.05) is 55.5 Å². The third-order valence-corrected chi connectivity index (χ3v) is 4.32. The lowest BCUT2D eigenvalue weighted by Crippen LogP contribution is -2.39. The number of fused-ring (bicyclic) bond motifs is 1. The van der Waals surface area contributed by atoms with E-state index in [2.05, 4.69) is 22.5 Å². The summed E-state index contributed by atoms with van der Waals surface area (Å²) < 4.78 is 11.2. The highest BCUT2D eigenvalue weighted by Gasteiger charge is 2.10. The van der Waals surface area contributed by atoms with E-state index in [1.165, 1.54) is 5.56 Å². The van der Waals surface area contributed by atoms with Crippen molar-refractivity contribution < 1.29 is 9.47 Å². The molecule has 0 aliphatic rings. The zero-order valence-corrected chi connectivity index (χ0v) is 16.5. The fraction of sp³-hybridized carbons (Fsp3) is 0.238. The van der Waals surface area contributed by atoms with Crippen molar-refractivity contribution in [1.82, 2.24) is 10.3 Å². The van der Waals surface area contributed by atoms with Crippen LogP contribution in [-0.4, -0.2) is 29.9 Å². The highest BCUT2D eigenvalue weighted by molar-refractivity contribution is 7.80. The number of nitrogens with one attached hydrogen (secondary N) is 2. The molecule has 0 amide bonds. The van der Waals surface area contributed by atoms with E-state index in [1.54, 1.807) is 13.3 Å². The number of nitrogens with zero attached hydrogens (tertiary/aromatic N) is 1. The average molecular weight is 382 g/mol. The molecule has 1 heterocycles. The molecule has 0 saturated heterocycles. The molecule has 1 unspecified atom stereocenters. The number of hydrogen-bond donors (Lipinski definition) is 2. The van der Waals surface area contributed by atoms with E-state index in [0.29, 0.717) is 11.7 Å². The molecule has 0 aliphatic heterocycles. The van der Waals surface area contributed by atoms with Crippen molar-refractivity contribution in [3.63, 3.8) is 0 Å². The zero-order valence-electron chi connectivity index (χ0n) is 15.7. The van der Waals surface area contributed by atoms with Gasteiger partial charge in [-0.2, -0.15) is 0 Å². The maximum atomic E-state index is 5.80. The van der Waals surface area contributed by atoms with Crippen molar-refractivity contribution in [2.24, 2.45) is 0 Å². The zero-order chi connectivity index (χ0) is 19.2. The normalized spacial score (nSPS) is 11.7. The predicted octanol–water partition coefficient (Wildman–Crippen LogP) is 4.31. The first-order valence-electron chi connectivity index (χ1n) is 8.75. The monoisotopic (exact) mass is 381 g/mol. The Balaban J connectivity index is 1.60. The second-order valence-corrected chi connectivity index (χ2v) is 6.75. The highest BCUT2D eigenvalue weighted by atomic mass is 32.1. The number of benzene rings is 2. The van der Waals surface area contributed by atoms with Crippen molar-refractivity contribution in [2.75, 3.05) is 19.0 Å². The Morgan fingerprint density at radius 2 is 1.93 bits per heavy atom. The molecular weight excluding hydrogens is 358 g/mol. The highest BCUT2D eigenvalue weighted by Crippen LogP contribution is 2.29. The summed E-state index contributed by atoms with van der Waals surface area (Å²) in [6.45, 7) is 4.59. The van der Waals surface area contributed by atoms with Crippen molar-refractivity contribution in [3.05, 3.63) is 60.3 Å². The Morgan fingerprint density at radius 1 is 1.15 bits per heavy atom. The van der Waals surface area contributed by atoms with Gasteiger partial charge in [0.25, 0.3) is 0 Å². The predicted molar refractivity (Wildman–Crippen MR) is 114 cm³/mol. The van der Waals surface area contributed by atoms with E-state index >= 15 is 0 Å². The number of anilines is 1. The molecule has 1 atom stereocenters. The number of aromatic nitrogens is 1. The number of hydrogen-bond acceptors (Lipinski definition) is 4. The smallest absolute Gasteiger partial charge is 0.171 e. The molecule has 2 aromatic carbocycles. The summed E-state index contributed by atoms with van der Waals surface area (Å²) in [4.78, 5) is 4.40. The molecule has 0 saturated carbocycles. The summed E-state index contributed by atoms with van der Waals surface area (Å²) in [5.74, 6) is 1.58. The van der Waals surface area contributed by atoms with Crippen LogP contribution in [-0.2, 0) is 0 Å². The number of ether oxygens (including phenoxy) is 2. The standard InChI is InChI=1S/C21H23N3O2S/c1-14-6-8-16(9-7-14)26-13-15(2)23-21(27)24-18-10-11-19(25-3)20-17(18)5-4-12-22-20/h4-12,15H,13H2,1-3H3,(H2,23,24,27). The van der Waals surface area contributed by atoms with Gasteiger partial charge in [0.05, 0.1) is 13.2 Å². The Bertz CT molecular complexity index is 928. The molecule has 2 N–H and O–H groups in total. The molecule has 3 rings (SSSR count). The summed E-state index contributed by atoms with van der Waals surface area (Å²) in [6.07, 6.45) is 1.75. The largest absolute Gasteiger partial charge is 0.494 e. The van der Waals surface area contributed by atoms with Gasteiger partial charge in [-0.05, 0) is 62.5 Å². The van der Waals surface area contributed by atoms with Crippen LogP contribution in [0.5, 0.6) is 11.5 Å². The second kappa shape index (κ2) is 8.68. The quantitative estimate of drug-likeness (QED) is 0.621. The van der Waals surface area contributed by atoms with Gasteiger partial charge >= 0.3 is 0 Å². The van der Waals surface area contributed by atoms with Crippen molar-refractivity contribution in [1.29, 1.82) is 0 Å². The van der Waals surface area contributed by atoms with Crippen LogP contribution >= 0.6 is 12.2 Å². The number of thiocarbonyl (C=S) groups is 1. The van der Waals surface area contributed by atoms with Crippen LogP contribution < -0.4 is 20.1 Å². The lowest BCUT2D eigenvalue weighted by atomic mass is 10.1. The molecule has 1 aromatic heterocycles. The molecule has 5 nitrogen and oxygen atoms in total. The molecule has 140 valence electrons. The third-order valence-electron chi connectivity index (χ3n) is 4.10. The van der Waals surface area contributed by atoms with Crippen molar-refractivity contribution in [3.8, 4) is 11.5 Å². The maximum absolute atomic E-state index is 5.80. The van der Waals surface area contributed by atoms with Gasteiger partial charge in [0.2, 0.25) is 0 Å². The maximum Gasteiger partial charge on any atom is 0.171 e. The fourth-order valence-corrected chi connectivity index (χ4v) is 3.01. The molecule has 27 heavy (non-hydrogen) atoms. The van der Waals surface area contributed by atoms with Gasteiger partial charge in [-0.3, -0.25) is 4.98 Å². The molecule has 0 spiro atoms. The Labute approximate surface area is 164 Å². The van der Waals surface area contributed by atoms with Crippen molar-refractivity contribution >= 4 is 33.9 Å². The van der Waals surface area contributed by atoms with Gasteiger partial charge < -0.3 is 20.1 Å². The Morgan fingerprint density at radius 3 is 2.67 bits per heavy atom. The minimum atomic E-state index is 0.0499. The summed E-state index contributed by atoms with van der Waals surface area (Å²) in [7, 11) is 1.64. The van der Waals surface area contributed by atoms with Crippen molar-refractivity contribution in [2.45, 2.75) is 19.9 Å². The van der Waals surface area contributed by atoms with Gasteiger partial charge in [0, 0.05) is 17.3 Å². The molecular formula is C21H23N3O2S. The van der Waals surface area contributed by atoms with Crippen LogP contribution in [0.4, 0.5) is 5.69 Å². The van der Waals surface area contributed by atoms with E-state index in [-0.39, 0.29) is 6.04 Å². The van der Waals surface area contributed by atoms with E-state index in [9.17, 15) is 0 Å². The first-order chi connectivity index (χ1) is 13.1. The Hall–Kier alpha value is -2.86. The Kier molecular flexibility index (Phi) is 6.08. The number of methoxy groups -OCH3 is 1. The summed E-state index contributed by atoms with van der Waals surface area (Å²) in [5, 5.41) is 7.97. The second-order valence-electron chi connectivity index (χ2n) is 6.34. The van der Waals surface area contributed by atoms with E-state index in [4.69, 9.17) is 21.7 Å². The number of rotatable bonds is 6. The van der Waals surface area contributed by atoms with Crippen LogP contribution in [0.15, 0.2) is 54.7 Å². The van der Waals surface area contributed by atoms with Crippen LogP contribution in [0.3, 0.4) is 0 Å². The van der Waals surface area contributed by atoms with Crippen LogP contribution in [0, 0.1) is 6.92 Å². The fourth-order valence-electron chi connectivity index (χ4n) is 2.70. The van der Waals surface area contributed by atoms with Crippen LogP contribution in [0.25, 0.3) is 10.9 Å². The minimum absolute atomic E-state index is 0.0499. The SMILES string of the molecule is COc1ccc(NC(=S)NC(C)COc2ccc(C)cc2)c2cccnc12. The minimum Gasteiger partial charge on any atom is -0.494 e. The molecule has 6 heteroatoms. The summed E-state index contributed by atoms with van der Waals surface area (Å²) >= 11 is 5.46. The average Bonchev–Trinajstić information content (AvgIpc) is 2.68. The van der Waals surface area contributed by atoms with Gasteiger partial charge in [-0.1, -0.05) is 17.7 Å². The summed E-state index contributed by atoms with van der Waals surface area (Å²) in [5.41, 5.74) is 2.88. The lowest BCUT2D eigenvalue weighted by molar-refractivity contribution is 0.287. The molecule has 0 aliphatic carbocycles. The molecule has 0 fully saturated rings. The lowest BCUT2D eigenvalue weighted by Gasteiger charge is -2.18. The molecule has 0 bridgehead atoms. The van der Waals surface area contributed by atoms with Gasteiger partial charge in [0.15, 0.2) is 5.11 Å². The van der Waals surface area contributed by atoms with Gasteiger partial charge in [-0.15, -0.1) is 0 Å². The van der Waals surface area contributed by atoms with E-state index < -0.39 is 0 Å². The third kappa shape index (κ3) is 4.86. The van der Waals surface area contributed by atoms with E-state index in [0.717, 1.165) is 28.1 Å². The molecule has 3 aromatic rings. The first-order valence-corrected chi connectivity index (χ1v) is 9.16.